The summed E-state index contributed by atoms with van der Waals surface area (Å²) in [5, 5.41) is 7.63. The molecule has 0 radical (unpaired) electrons. The van der Waals surface area contributed by atoms with Gasteiger partial charge in [-0.3, -0.25) is 10.1 Å². The largest absolute Gasteiger partial charge is 0.277 e. The van der Waals surface area contributed by atoms with Gasteiger partial charge in [0.1, 0.15) is 0 Å². The molecule has 0 unspecified atom stereocenters. The number of nitrogens with zero attached hydrogens (tertiary/aromatic N) is 2. The highest BCUT2D eigenvalue weighted by Gasteiger charge is 2.26. The van der Waals surface area contributed by atoms with Crippen LogP contribution in [-0.2, 0) is 6.42 Å². The number of nitrogens with one attached hydrogen (secondary N) is 1. The quantitative estimate of drug-likeness (QED) is 0.581. The van der Waals surface area contributed by atoms with Crippen LogP contribution in [0.1, 0.15) is 11.1 Å². The van der Waals surface area contributed by atoms with E-state index in [0.29, 0.717) is 0 Å². The highest BCUT2D eigenvalue weighted by molar-refractivity contribution is 9.10. The van der Waals surface area contributed by atoms with Crippen molar-refractivity contribution in [2.75, 3.05) is 0 Å². The van der Waals surface area contributed by atoms with Gasteiger partial charge in [0, 0.05) is 40.0 Å². The number of rotatable bonds is 1. The van der Waals surface area contributed by atoms with Crippen molar-refractivity contribution in [3.05, 3.63) is 58.3 Å². The summed E-state index contributed by atoms with van der Waals surface area (Å²) in [6, 6.07) is 10.3. The number of fused-ring (bicyclic) bond motifs is 3. The number of aromatic nitrogens is 3. The number of hydrogen-bond acceptors (Lipinski definition) is 2. The zero-order valence-corrected chi connectivity index (χ0v) is 11.6. The van der Waals surface area contributed by atoms with Gasteiger partial charge in [-0.05, 0) is 23.8 Å². The van der Waals surface area contributed by atoms with Crippen molar-refractivity contribution in [1.29, 1.82) is 0 Å². The Morgan fingerprint density at radius 2 is 2.05 bits per heavy atom. The number of pyridine rings is 1. The van der Waals surface area contributed by atoms with Gasteiger partial charge in [0.2, 0.25) is 0 Å². The van der Waals surface area contributed by atoms with Gasteiger partial charge in [0.25, 0.3) is 0 Å². The predicted molar refractivity (Wildman–Crippen MR) is 77.8 cm³/mol. The average Bonchev–Trinajstić information content (AvgIpc) is 3.00. The fourth-order valence-corrected chi connectivity index (χ4v) is 3.16. The highest BCUT2D eigenvalue weighted by atomic mass is 79.9. The number of hydrogen-bond donors (Lipinski definition) is 1. The molecule has 1 N–H and O–H groups in total. The first-order chi connectivity index (χ1) is 9.34. The van der Waals surface area contributed by atoms with Crippen LogP contribution in [0.5, 0.6) is 0 Å². The number of H-pyrrole nitrogens is 1. The van der Waals surface area contributed by atoms with Gasteiger partial charge in [-0.25, -0.2) is 0 Å². The summed E-state index contributed by atoms with van der Waals surface area (Å²) in [6.07, 6.45) is 4.54. The van der Waals surface area contributed by atoms with Gasteiger partial charge in [-0.2, -0.15) is 5.10 Å². The van der Waals surface area contributed by atoms with Crippen LogP contribution in [0.15, 0.2) is 47.2 Å². The standard InChI is InChI=1S/C15H10BrN3/c16-13-5-1-4-10-11(13)7-12-14(18-19-15(10)12)9-3-2-6-17-8-9/h1-6,8H,7H2,(H,18,19). The smallest absolute Gasteiger partial charge is 0.0978 e. The lowest BCUT2D eigenvalue weighted by Gasteiger charge is -2.02. The monoisotopic (exact) mass is 311 g/mol. The summed E-state index contributed by atoms with van der Waals surface area (Å²) in [5.74, 6) is 0. The van der Waals surface area contributed by atoms with Crippen molar-refractivity contribution in [3.63, 3.8) is 0 Å². The Hall–Kier alpha value is -1.94. The van der Waals surface area contributed by atoms with E-state index in [1.54, 1.807) is 6.20 Å². The van der Waals surface area contributed by atoms with Gasteiger partial charge in [-0.15, -0.1) is 0 Å². The summed E-state index contributed by atoms with van der Waals surface area (Å²) >= 11 is 3.63. The van der Waals surface area contributed by atoms with Crippen molar-refractivity contribution in [3.8, 4) is 22.5 Å². The van der Waals surface area contributed by atoms with E-state index in [-0.39, 0.29) is 0 Å². The van der Waals surface area contributed by atoms with Gasteiger partial charge < -0.3 is 0 Å². The summed E-state index contributed by atoms with van der Waals surface area (Å²) in [7, 11) is 0. The summed E-state index contributed by atoms with van der Waals surface area (Å²) < 4.78 is 1.16. The minimum atomic E-state index is 0.910. The summed E-state index contributed by atoms with van der Waals surface area (Å²) in [6.45, 7) is 0. The normalized spacial score (nSPS) is 12.3. The second-order valence-electron chi connectivity index (χ2n) is 4.61. The second-order valence-corrected chi connectivity index (χ2v) is 5.46. The summed E-state index contributed by atoms with van der Waals surface area (Å²) in [5.41, 5.74) is 7.03. The number of aromatic amines is 1. The molecule has 0 amide bonds. The zero-order chi connectivity index (χ0) is 12.8. The SMILES string of the molecule is Brc1cccc2c1Cc1c(-c3cccnc3)n[nH]c1-2. The molecule has 1 aromatic carbocycles. The van der Waals surface area contributed by atoms with Gasteiger partial charge >= 0.3 is 0 Å². The van der Waals surface area contributed by atoms with Crippen molar-refractivity contribution in [1.82, 2.24) is 15.2 Å². The Balaban J connectivity index is 1.91. The fraction of sp³-hybridized carbons (Fsp3) is 0.0667. The third-order valence-corrected chi connectivity index (χ3v) is 4.29. The Labute approximate surface area is 118 Å². The van der Waals surface area contributed by atoms with Crippen LogP contribution in [0.3, 0.4) is 0 Å². The molecule has 0 saturated heterocycles. The molecule has 2 heterocycles. The van der Waals surface area contributed by atoms with E-state index < -0.39 is 0 Å². The molecular formula is C15H10BrN3. The molecule has 3 aromatic rings. The molecule has 19 heavy (non-hydrogen) atoms. The van der Waals surface area contributed by atoms with Gasteiger partial charge in [0.05, 0.1) is 11.4 Å². The molecule has 0 aliphatic heterocycles. The maximum Gasteiger partial charge on any atom is 0.0978 e. The number of benzene rings is 1. The van der Waals surface area contributed by atoms with Crippen LogP contribution >= 0.6 is 15.9 Å². The predicted octanol–water partition coefficient (Wildman–Crippen LogP) is 3.81. The first-order valence-electron chi connectivity index (χ1n) is 6.10. The van der Waals surface area contributed by atoms with E-state index in [1.165, 1.54) is 16.7 Å². The third-order valence-electron chi connectivity index (χ3n) is 3.54. The van der Waals surface area contributed by atoms with E-state index in [9.17, 15) is 0 Å². The van der Waals surface area contributed by atoms with E-state index in [4.69, 9.17) is 0 Å². The molecule has 0 atom stereocenters. The minimum absolute atomic E-state index is 0.910. The van der Waals surface area contributed by atoms with E-state index in [0.717, 1.165) is 27.8 Å². The Bertz CT molecular complexity index is 762. The Morgan fingerprint density at radius 3 is 2.89 bits per heavy atom. The van der Waals surface area contributed by atoms with Crippen molar-refractivity contribution in [2.24, 2.45) is 0 Å². The van der Waals surface area contributed by atoms with E-state index >= 15 is 0 Å². The van der Waals surface area contributed by atoms with Crippen molar-refractivity contribution in [2.45, 2.75) is 6.42 Å². The molecule has 0 saturated carbocycles. The first-order valence-corrected chi connectivity index (χ1v) is 6.89. The molecule has 4 rings (SSSR count). The number of halogens is 1. The topological polar surface area (TPSA) is 41.6 Å². The molecule has 2 aromatic heterocycles. The lowest BCUT2D eigenvalue weighted by molar-refractivity contribution is 1.09. The molecule has 0 spiro atoms. The molecule has 3 nitrogen and oxygen atoms in total. The van der Waals surface area contributed by atoms with Gasteiger partial charge in [0.15, 0.2) is 0 Å². The lowest BCUT2D eigenvalue weighted by atomic mass is 10.1. The molecule has 1 aliphatic rings. The third kappa shape index (κ3) is 1.56. The molecular weight excluding hydrogens is 302 g/mol. The van der Waals surface area contributed by atoms with Crippen LogP contribution in [0.2, 0.25) is 0 Å². The van der Waals surface area contributed by atoms with Crippen LogP contribution < -0.4 is 0 Å². The zero-order valence-electron chi connectivity index (χ0n) is 10.0. The molecule has 1 aliphatic carbocycles. The molecule has 4 heteroatoms. The maximum atomic E-state index is 4.46. The summed E-state index contributed by atoms with van der Waals surface area (Å²) in [4.78, 5) is 4.17. The van der Waals surface area contributed by atoms with E-state index in [1.807, 2.05) is 18.3 Å². The van der Waals surface area contributed by atoms with Crippen LogP contribution in [-0.4, -0.2) is 15.2 Å². The molecule has 92 valence electrons. The first kappa shape index (κ1) is 10.9. The maximum absolute atomic E-state index is 4.46. The van der Waals surface area contributed by atoms with Crippen LogP contribution in [0.25, 0.3) is 22.5 Å². The molecule has 0 fully saturated rings. The molecule has 0 bridgehead atoms. The second kappa shape index (κ2) is 4.03. The van der Waals surface area contributed by atoms with Crippen LogP contribution in [0, 0.1) is 0 Å². The lowest BCUT2D eigenvalue weighted by Crippen LogP contribution is -1.88. The van der Waals surface area contributed by atoms with Gasteiger partial charge in [-0.1, -0.05) is 28.1 Å². The van der Waals surface area contributed by atoms with Crippen molar-refractivity contribution < 1.29 is 0 Å². The Kier molecular flexibility index (Phi) is 2.32. The Morgan fingerprint density at radius 1 is 1.11 bits per heavy atom. The minimum Gasteiger partial charge on any atom is -0.277 e. The van der Waals surface area contributed by atoms with E-state index in [2.05, 4.69) is 49.3 Å². The van der Waals surface area contributed by atoms with Crippen LogP contribution in [0.4, 0.5) is 0 Å². The average molecular weight is 312 g/mol. The fourth-order valence-electron chi connectivity index (χ4n) is 2.65. The highest BCUT2D eigenvalue weighted by Crippen LogP contribution is 2.42. The van der Waals surface area contributed by atoms with Crippen molar-refractivity contribution >= 4 is 15.9 Å².